The number of nitrogens with zero attached hydrogens (tertiary/aromatic N) is 1. The molecule has 0 unspecified atom stereocenters. The van der Waals surface area contributed by atoms with E-state index in [2.05, 4.69) is 0 Å². The number of amides is 1. The molecule has 0 aliphatic carbocycles. The van der Waals surface area contributed by atoms with Gasteiger partial charge in [-0.05, 0) is 41.8 Å². The Labute approximate surface area is 121 Å². The summed E-state index contributed by atoms with van der Waals surface area (Å²) < 4.78 is 13.2. The molecule has 2 N–H and O–H groups in total. The van der Waals surface area contributed by atoms with Crippen molar-refractivity contribution in [2.24, 2.45) is 0 Å². The largest absolute Gasteiger partial charge is 0.508 e. The van der Waals surface area contributed by atoms with E-state index in [-0.39, 0.29) is 28.8 Å². The number of benzene rings is 2. The van der Waals surface area contributed by atoms with Crippen molar-refractivity contribution in [3.63, 3.8) is 0 Å². The summed E-state index contributed by atoms with van der Waals surface area (Å²) >= 11 is 0. The van der Waals surface area contributed by atoms with Crippen molar-refractivity contribution in [1.82, 2.24) is 4.90 Å². The first-order chi connectivity index (χ1) is 10.0. The molecule has 0 bridgehead atoms. The maximum absolute atomic E-state index is 13.2. The SMILES string of the molecule is O=C(c1cc(O)cc(O)c1)N1CCc2cc(F)ccc2C1. The highest BCUT2D eigenvalue weighted by Crippen LogP contribution is 2.25. The van der Waals surface area contributed by atoms with Crippen LogP contribution in [0, 0.1) is 5.82 Å². The molecule has 2 aromatic rings. The standard InChI is InChI=1S/C16H14FNO3/c17-13-2-1-11-9-18(4-3-10(11)5-13)16(21)12-6-14(19)8-15(20)7-12/h1-2,5-8,19-20H,3-4,9H2. The van der Waals surface area contributed by atoms with Gasteiger partial charge in [0, 0.05) is 24.7 Å². The van der Waals surface area contributed by atoms with Gasteiger partial charge in [0.1, 0.15) is 17.3 Å². The smallest absolute Gasteiger partial charge is 0.254 e. The molecule has 5 heteroatoms. The van der Waals surface area contributed by atoms with Crippen LogP contribution < -0.4 is 0 Å². The van der Waals surface area contributed by atoms with Crippen LogP contribution in [0.1, 0.15) is 21.5 Å². The molecule has 3 rings (SSSR count). The molecule has 108 valence electrons. The maximum Gasteiger partial charge on any atom is 0.254 e. The average Bonchev–Trinajstić information content (AvgIpc) is 2.45. The first-order valence-electron chi connectivity index (χ1n) is 6.62. The van der Waals surface area contributed by atoms with E-state index in [1.54, 1.807) is 11.0 Å². The highest BCUT2D eigenvalue weighted by molar-refractivity contribution is 5.95. The zero-order valence-corrected chi connectivity index (χ0v) is 11.2. The van der Waals surface area contributed by atoms with E-state index in [0.717, 1.165) is 11.1 Å². The van der Waals surface area contributed by atoms with Crippen LogP contribution in [0.15, 0.2) is 36.4 Å². The fourth-order valence-electron chi connectivity index (χ4n) is 2.60. The molecule has 0 fully saturated rings. The monoisotopic (exact) mass is 287 g/mol. The van der Waals surface area contributed by atoms with Crippen molar-refractivity contribution in [2.75, 3.05) is 6.54 Å². The summed E-state index contributed by atoms with van der Waals surface area (Å²) in [4.78, 5) is 14.0. The maximum atomic E-state index is 13.2. The Morgan fingerprint density at radius 3 is 2.48 bits per heavy atom. The summed E-state index contributed by atoms with van der Waals surface area (Å²) in [6.45, 7) is 0.872. The van der Waals surface area contributed by atoms with E-state index in [4.69, 9.17) is 0 Å². The van der Waals surface area contributed by atoms with Gasteiger partial charge in [-0.1, -0.05) is 6.07 Å². The van der Waals surface area contributed by atoms with Crippen LogP contribution in [0.4, 0.5) is 4.39 Å². The Bertz CT molecular complexity index is 694. The summed E-state index contributed by atoms with van der Waals surface area (Å²) in [5, 5.41) is 18.9. The predicted molar refractivity (Wildman–Crippen MR) is 74.6 cm³/mol. The van der Waals surface area contributed by atoms with Gasteiger partial charge in [-0.3, -0.25) is 4.79 Å². The molecule has 0 aromatic heterocycles. The summed E-state index contributed by atoms with van der Waals surface area (Å²) in [6, 6.07) is 8.38. The van der Waals surface area contributed by atoms with Crippen molar-refractivity contribution >= 4 is 5.91 Å². The zero-order valence-electron chi connectivity index (χ0n) is 11.2. The van der Waals surface area contributed by atoms with Crippen molar-refractivity contribution < 1.29 is 19.4 Å². The number of carbonyl (C=O) groups is 1. The van der Waals surface area contributed by atoms with Crippen LogP contribution in [-0.4, -0.2) is 27.6 Å². The van der Waals surface area contributed by atoms with Gasteiger partial charge in [-0.2, -0.15) is 0 Å². The van der Waals surface area contributed by atoms with Crippen LogP contribution in [0.2, 0.25) is 0 Å². The molecule has 0 saturated heterocycles. The van der Waals surface area contributed by atoms with Crippen molar-refractivity contribution in [3.05, 3.63) is 58.9 Å². The van der Waals surface area contributed by atoms with Crippen LogP contribution in [-0.2, 0) is 13.0 Å². The molecular formula is C16H14FNO3. The van der Waals surface area contributed by atoms with Gasteiger partial charge >= 0.3 is 0 Å². The van der Waals surface area contributed by atoms with Gasteiger partial charge in [0.25, 0.3) is 5.91 Å². The number of aromatic hydroxyl groups is 2. The number of hydrogen-bond donors (Lipinski definition) is 2. The van der Waals surface area contributed by atoms with Crippen LogP contribution in [0.25, 0.3) is 0 Å². The molecule has 21 heavy (non-hydrogen) atoms. The van der Waals surface area contributed by atoms with E-state index in [1.165, 1.54) is 30.3 Å². The lowest BCUT2D eigenvalue weighted by Gasteiger charge is -2.29. The van der Waals surface area contributed by atoms with Gasteiger partial charge in [-0.15, -0.1) is 0 Å². The van der Waals surface area contributed by atoms with E-state index < -0.39 is 0 Å². The van der Waals surface area contributed by atoms with Gasteiger partial charge in [0.05, 0.1) is 0 Å². The number of phenols is 2. The van der Waals surface area contributed by atoms with Crippen LogP contribution >= 0.6 is 0 Å². The van der Waals surface area contributed by atoms with Gasteiger partial charge in [0.2, 0.25) is 0 Å². The molecule has 0 atom stereocenters. The average molecular weight is 287 g/mol. The predicted octanol–water partition coefficient (Wildman–Crippen LogP) is 2.44. The lowest BCUT2D eigenvalue weighted by molar-refractivity contribution is 0.0734. The Kier molecular flexibility index (Phi) is 3.25. The third kappa shape index (κ3) is 2.67. The minimum atomic E-state index is -0.272. The highest BCUT2D eigenvalue weighted by atomic mass is 19.1. The van der Waals surface area contributed by atoms with E-state index in [0.29, 0.717) is 19.5 Å². The molecule has 1 heterocycles. The fraction of sp³-hybridized carbons (Fsp3) is 0.188. The molecule has 1 aliphatic rings. The second-order valence-corrected chi connectivity index (χ2v) is 5.13. The molecule has 2 aromatic carbocycles. The molecule has 0 spiro atoms. The number of halogens is 1. The number of carbonyl (C=O) groups excluding carboxylic acids is 1. The Morgan fingerprint density at radius 1 is 1.05 bits per heavy atom. The fourth-order valence-corrected chi connectivity index (χ4v) is 2.60. The molecule has 1 amide bonds. The van der Waals surface area contributed by atoms with E-state index in [1.807, 2.05) is 0 Å². The zero-order chi connectivity index (χ0) is 15.0. The van der Waals surface area contributed by atoms with E-state index >= 15 is 0 Å². The third-order valence-electron chi connectivity index (χ3n) is 3.62. The Balaban J connectivity index is 1.85. The van der Waals surface area contributed by atoms with Gasteiger partial charge in [-0.25, -0.2) is 4.39 Å². The quantitative estimate of drug-likeness (QED) is 0.847. The summed E-state index contributed by atoms with van der Waals surface area (Å²) in [7, 11) is 0. The summed E-state index contributed by atoms with van der Waals surface area (Å²) in [5.41, 5.74) is 2.07. The van der Waals surface area contributed by atoms with Gasteiger partial charge in [0.15, 0.2) is 0 Å². The molecule has 4 nitrogen and oxygen atoms in total. The molecule has 0 saturated carbocycles. The van der Waals surface area contributed by atoms with E-state index in [9.17, 15) is 19.4 Å². The number of fused-ring (bicyclic) bond motifs is 1. The molecule has 1 aliphatic heterocycles. The lowest BCUT2D eigenvalue weighted by atomic mass is 9.99. The van der Waals surface area contributed by atoms with Crippen LogP contribution in [0.3, 0.4) is 0 Å². The summed E-state index contributed by atoms with van der Waals surface area (Å²) in [5.74, 6) is -0.849. The topological polar surface area (TPSA) is 60.8 Å². The number of hydrogen-bond acceptors (Lipinski definition) is 3. The van der Waals surface area contributed by atoms with Crippen molar-refractivity contribution in [1.29, 1.82) is 0 Å². The summed E-state index contributed by atoms with van der Waals surface area (Å²) in [6.07, 6.45) is 0.587. The second-order valence-electron chi connectivity index (χ2n) is 5.13. The third-order valence-corrected chi connectivity index (χ3v) is 3.62. The Hall–Kier alpha value is -2.56. The minimum absolute atomic E-state index is 0.155. The first kappa shape index (κ1) is 13.4. The Morgan fingerprint density at radius 2 is 1.76 bits per heavy atom. The molecule has 0 radical (unpaired) electrons. The highest BCUT2D eigenvalue weighted by Gasteiger charge is 2.22. The first-order valence-corrected chi connectivity index (χ1v) is 6.62. The normalized spacial score (nSPS) is 13.9. The lowest BCUT2D eigenvalue weighted by Crippen LogP contribution is -2.36. The van der Waals surface area contributed by atoms with Crippen molar-refractivity contribution in [2.45, 2.75) is 13.0 Å². The number of phenolic OH excluding ortho intramolecular Hbond substituents is 2. The molecular weight excluding hydrogens is 273 g/mol. The number of rotatable bonds is 1. The van der Waals surface area contributed by atoms with Crippen LogP contribution in [0.5, 0.6) is 11.5 Å². The minimum Gasteiger partial charge on any atom is -0.508 e. The second kappa shape index (κ2) is 5.09. The van der Waals surface area contributed by atoms with Gasteiger partial charge < -0.3 is 15.1 Å². The van der Waals surface area contributed by atoms with Crippen molar-refractivity contribution in [3.8, 4) is 11.5 Å².